The van der Waals surface area contributed by atoms with E-state index in [1.807, 2.05) is 0 Å². The zero-order valence-electron chi connectivity index (χ0n) is 10.9. The molecule has 1 heterocycles. The van der Waals surface area contributed by atoms with Gasteiger partial charge in [0.2, 0.25) is 0 Å². The Hall–Kier alpha value is -2.21. The van der Waals surface area contributed by atoms with Crippen LogP contribution in [0.2, 0.25) is 0 Å². The molecule has 0 atom stereocenters. The maximum absolute atomic E-state index is 13.7. The molecule has 0 spiro atoms. The molecule has 0 unspecified atom stereocenters. The molecule has 3 rings (SSSR count). The second-order valence-corrected chi connectivity index (χ2v) is 5.27. The minimum atomic E-state index is -0.392. The summed E-state index contributed by atoms with van der Waals surface area (Å²) in [4.78, 5) is 4.16. The molecule has 0 bridgehead atoms. The van der Waals surface area contributed by atoms with Gasteiger partial charge in [0.15, 0.2) is 5.17 Å². The quantitative estimate of drug-likeness (QED) is 0.918. The van der Waals surface area contributed by atoms with Gasteiger partial charge < -0.3 is 0 Å². The number of halogens is 2. The van der Waals surface area contributed by atoms with Crippen LogP contribution in [0, 0.1) is 11.6 Å². The molecule has 0 radical (unpaired) electrons. The van der Waals surface area contributed by atoms with Crippen molar-refractivity contribution in [2.75, 3.05) is 5.75 Å². The molecule has 1 N–H and O–H groups in total. The van der Waals surface area contributed by atoms with Crippen LogP contribution in [0.3, 0.4) is 0 Å². The van der Waals surface area contributed by atoms with Crippen LogP contribution in [-0.2, 0) is 0 Å². The number of thioether (sulfide) groups is 1. The third-order valence-corrected chi connectivity index (χ3v) is 3.77. The Labute approximate surface area is 124 Å². The molecule has 1 aliphatic heterocycles. The van der Waals surface area contributed by atoms with Gasteiger partial charge in [0.1, 0.15) is 17.3 Å². The first-order valence-electron chi connectivity index (χ1n) is 6.27. The monoisotopic (exact) mass is 303 g/mol. The Kier molecular flexibility index (Phi) is 3.96. The van der Waals surface area contributed by atoms with E-state index in [1.165, 1.54) is 23.9 Å². The SMILES string of the molecule is Fc1ccccc1N=C1NN=C(c2ccccc2F)CS1. The van der Waals surface area contributed by atoms with Gasteiger partial charge in [-0.05, 0) is 18.2 Å². The van der Waals surface area contributed by atoms with Gasteiger partial charge in [-0.1, -0.05) is 42.1 Å². The Morgan fingerprint density at radius 1 is 1.00 bits per heavy atom. The molecular formula is C15H11F2N3S. The molecule has 106 valence electrons. The molecule has 0 amide bonds. The standard InChI is InChI=1S/C15H11F2N3S/c16-11-6-2-1-5-10(11)14-9-21-15(20-19-14)18-13-8-4-3-7-12(13)17/h1-8H,9H2,(H,18,20). The van der Waals surface area contributed by atoms with Crippen molar-refractivity contribution in [1.82, 2.24) is 5.43 Å². The maximum atomic E-state index is 13.7. The molecule has 0 aliphatic carbocycles. The van der Waals surface area contributed by atoms with E-state index in [0.29, 0.717) is 22.2 Å². The van der Waals surface area contributed by atoms with E-state index >= 15 is 0 Å². The first-order valence-corrected chi connectivity index (χ1v) is 7.26. The molecule has 6 heteroatoms. The van der Waals surface area contributed by atoms with Crippen molar-refractivity contribution in [3.8, 4) is 0 Å². The summed E-state index contributed by atoms with van der Waals surface area (Å²) >= 11 is 1.35. The highest BCUT2D eigenvalue weighted by atomic mass is 32.2. The van der Waals surface area contributed by atoms with Gasteiger partial charge in [-0.2, -0.15) is 5.10 Å². The Morgan fingerprint density at radius 3 is 2.38 bits per heavy atom. The second kappa shape index (κ2) is 6.05. The van der Waals surface area contributed by atoms with E-state index in [0.717, 1.165) is 0 Å². The molecule has 0 saturated carbocycles. The Balaban J connectivity index is 1.81. The summed E-state index contributed by atoms with van der Waals surface area (Å²) in [5.41, 5.74) is 4.05. The molecule has 2 aromatic rings. The van der Waals surface area contributed by atoms with Crippen molar-refractivity contribution in [3.63, 3.8) is 0 Å². The molecule has 3 nitrogen and oxygen atoms in total. The third-order valence-electron chi connectivity index (χ3n) is 2.89. The fourth-order valence-electron chi connectivity index (χ4n) is 1.86. The van der Waals surface area contributed by atoms with Crippen LogP contribution in [0.1, 0.15) is 5.56 Å². The molecule has 0 aromatic heterocycles. The van der Waals surface area contributed by atoms with E-state index < -0.39 is 5.82 Å². The van der Waals surface area contributed by atoms with Crippen molar-refractivity contribution in [2.45, 2.75) is 0 Å². The van der Waals surface area contributed by atoms with Crippen LogP contribution in [0.25, 0.3) is 0 Å². The number of para-hydroxylation sites is 1. The van der Waals surface area contributed by atoms with Crippen molar-refractivity contribution < 1.29 is 8.78 Å². The summed E-state index contributed by atoms with van der Waals surface area (Å²) in [5, 5.41) is 4.61. The van der Waals surface area contributed by atoms with E-state index in [9.17, 15) is 8.78 Å². The Morgan fingerprint density at radius 2 is 1.71 bits per heavy atom. The van der Waals surface area contributed by atoms with Gasteiger partial charge in [0.25, 0.3) is 0 Å². The first kappa shape index (κ1) is 13.8. The molecule has 0 fully saturated rings. The Bertz CT molecular complexity index is 728. The number of hydrazone groups is 1. The van der Waals surface area contributed by atoms with E-state index in [1.54, 1.807) is 36.4 Å². The zero-order chi connectivity index (χ0) is 14.7. The van der Waals surface area contributed by atoms with Gasteiger partial charge >= 0.3 is 0 Å². The number of benzene rings is 2. The second-order valence-electron chi connectivity index (χ2n) is 4.31. The summed E-state index contributed by atoms with van der Waals surface area (Å²) in [7, 11) is 0. The van der Waals surface area contributed by atoms with Gasteiger partial charge in [-0.15, -0.1) is 0 Å². The van der Waals surface area contributed by atoms with Gasteiger partial charge in [-0.3, -0.25) is 5.43 Å². The fourth-order valence-corrected chi connectivity index (χ4v) is 2.63. The van der Waals surface area contributed by atoms with Crippen LogP contribution in [-0.4, -0.2) is 16.6 Å². The highest BCUT2D eigenvalue weighted by molar-refractivity contribution is 8.14. The highest BCUT2D eigenvalue weighted by Gasteiger charge is 2.16. The molecule has 21 heavy (non-hydrogen) atoms. The van der Waals surface area contributed by atoms with E-state index in [4.69, 9.17) is 0 Å². The lowest BCUT2D eigenvalue weighted by atomic mass is 10.1. The number of nitrogens with one attached hydrogen (secondary N) is 1. The summed E-state index contributed by atoms with van der Waals surface area (Å²) in [5.74, 6) is -0.231. The molecular weight excluding hydrogens is 292 g/mol. The van der Waals surface area contributed by atoms with Crippen molar-refractivity contribution >= 4 is 28.3 Å². The lowest BCUT2D eigenvalue weighted by Crippen LogP contribution is -2.25. The minimum Gasteiger partial charge on any atom is -0.255 e. The van der Waals surface area contributed by atoms with Crippen LogP contribution >= 0.6 is 11.8 Å². The predicted molar refractivity (Wildman–Crippen MR) is 82.0 cm³/mol. The topological polar surface area (TPSA) is 36.8 Å². The lowest BCUT2D eigenvalue weighted by Gasteiger charge is -2.15. The van der Waals surface area contributed by atoms with Crippen LogP contribution < -0.4 is 5.43 Å². The number of hydrogen-bond acceptors (Lipinski definition) is 3. The zero-order valence-corrected chi connectivity index (χ0v) is 11.7. The van der Waals surface area contributed by atoms with Gasteiger partial charge in [0, 0.05) is 11.3 Å². The van der Waals surface area contributed by atoms with E-state index in [2.05, 4.69) is 15.5 Å². The number of aliphatic imine (C=N–C) groups is 1. The normalized spacial score (nSPS) is 16.5. The minimum absolute atomic E-state index is 0.247. The fraction of sp³-hybridized carbons (Fsp3) is 0.0667. The summed E-state index contributed by atoms with van der Waals surface area (Å²) < 4.78 is 27.2. The van der Waals surface area contributed by atoms with Crippen molar-refractivity contribution in [2.24, 2.45) is 10.1 Å². The third kappa shape index (κ3) is 3.11. The summed E-state index contributed by atoms with van der Waals surface area (Å²) in [6, 6.07) is 12.7. The number of rotatable bonds is 2. The first-order chi connectivity index (χ1) is 10.2. The molecule has 1 aliphatic rings. The van der Waals surface area contributed by atoms with Crippen LogP contribution in [0.4, 0.5) is 14.5 Å². The number of nitrogens with zero attached hydrogens (tertiary/aromatic N) is 2. The van der Waals surface area contributed by atoms with Gasteiger partial charge in [0.05, 0.1) is 5.71 Å². The van der Waals surface area contributed by atoms with Crippen LogP contribution in [0.15, 0.2) is 58.6 Å². The largest absolute Gasteiger partial charge is 0.255 e. The summed E-state index contributed by atoms with van der Waals surface area (Å²) in [6.07, 6.45) is 0. The molecule has 2 aromatic carbocycles. The maximum Gasteiger partial charge on any atom is 0.182 e. The number of amidine groups is 1. The predicted octanol–water partition coefficient (Wildman–Crippen LogP) is 3.69. The smallest absolute Gasteiger partial charge is 0.182 e. The van der Waals surface area contributed by atoms with E-state index in [-0.39, 0.29) is 11.5 Å². The lowest BCUT2D eigenvalue weighted by molar-refractivity contribution is 0.625. The van der Waals surface area contributed by atoms with Crippen molar-refractivity contribution in [3.05, 3.63) is 65.7 Å². The number of hydrogen-bond donors (Lipinski definition) is 1. The average Bonchev–Trinajstić information content (AvgIpc) is 2.51. The average molecular weight is 303 g/mol. The van der Waals surface area contributed by atoms with Gasteiger partial charge in [-0.25, -0.2) is 13.8 Å². The van der Waals surface area contributed by atoms with Crippen LogP contribution in [0.5, 0.6) is 0 Å². The summed E-state index contributed by atoms with van der Waals surface area (Å²) in [6.45, 7) is 0. The van der Waals surface area contributed by atoms with Crippen molar-refractivity contribution in [1.29, 1.82) is 0 Å². The highest BCUT2D eigenvalue weighted by Crippen LogP contribution is 2.21. The molecule has 0 saturated heterocycles.